The summed E-state index contributed by atoms with van der Waals surface area (Å²) >= 11 is 0. The van der Waals surface area contributed by atoms with Crippen molar-refractivity contribution in [1.82, 2.24) is 4.90 Å². The molecule has 1 heterocycles. The first-order chi connectivity index (χ1) is 6.15. The molecule has 0 aromatic rings. The maximum absolute atomic E-state index is 8.68. The highest BCUT2D eigenvalue weighted by Gasteiger charge is 2.28. The Hall–Kier alpha value is -0.590. The van der Waals surface area contributed by atoms with Crippen LogP contribution in [0.5, 0.6) is 0 Å². The number of likely N-dealkylation sites (N-methyl/N-ethyl adjacent to an activating group) is 1. The van der Waals surface area contributed by atoms with Crippen molar-refractivity contribution in [3.05, 3.63) is 0 Å². The van der Waals surface area contributed by atoms with Gasteiger partial charge in [-0.2, -0.15) is 5.26 Å². The smallest absolute Gasteiger partial charge is 0.0702 e. The van der Waals surface area contributed by atoms with Crippen LogP contribution in [0.2, 0.25) is 0 Å². The topological polar surface area (TPSA) is 36.3 Å². The molecule has 0 amide bonds. The Balaban J connectivity index is 2.39. The first kappa shape index (κ1) is 10.5. The van der Waals surface area contributed by atoms with Gasteiger partial charge in [-0.3, -0.25) is 4.90 Å². The third-order valence-corrected chi connectivity index (χ3v) is 2.68. The van der Waals surface area contributed by atoms with E-state index in [1.807, 2.05) is 6.92 Å². The molecule has 0 aromatic carbocycles. The highest BCUT2D eigenvalue weighted by molar-refractivity contribution is 4.86. The molecule has 1 saturated heterocycles. The Bertz CT molecular complexity index is 200. The number of hydrogen-bond acceptors (Lipinski definition) is 3. The first-order valence-electron chi connectivity index (χ1n) is 4.86. The molecular formula is C10H18N2O. The Morgan fingerprint density at radius 3 is 2.85 bits per heavy atom. The average molecular weight is 182 g/mol. The van der Waals surface area contributed by atoms with Gasteiger partial charge in [-0.25, -0.2) is 0 Å². The van der Waals surface area contributed by atoms with E-state index in [1.54, 1.807) is 0 Å². The van der Waals surface area contributed by atoms with Gasteiger partial charge < -0.3 is 4.74 Å². The van der Waals surface area contributed by atoms with Gasteiger partial charge >= 0.3 is 0 Å². The maximum Gasteiger partial charge on any atom is 0.0702 e. The van der Waals surface area contributed by atoms with Gasteiger partial charge in [0.2, 0.25) is 0 Å². The lowest BCUT2D eigenvalue weighted by atomic mass is 10.1. The largest absolute Gasteiger partial charge is 0.377 e. The lowest BCUT2D eigenvalue weighted by molar-refractivity contribution is 0.0814. The summed E-state index contributed by atoms with van der Waals surface area (Å²) in [5.74, 6) is 0.109. The SMILES string of the molecule is CC(C#N)CN(C)C1CCOC1C. The summed E-state index contributed by atoms with van der Waals surface area (Å²) in [6.45, 7) is 5.76. The number of ether oxygens (including phenoxy) is 1. The zero-order valence-corrected chi connectivity index (χ0v) is 8.66. The minimum atomic E-state index is 0.109. The molecule has 0 bridgehead atoms. The quantitative estimate of drug-likeness (QED) is 0.659. The predicted molar refractivity (Wildman–Crippen MR) is 51.2 cm³/mol. The third kappa shape index (κ3) is 2.68. The van der Waals surface area contributed by atoms with E-state index in [4.69, 9.17) is 10.00 Å². The molecule has 3 atom stereocenters. The standard InChI is InChI=1S/C10H18N2O/c1-8(6-11)7-12(3)10-4-5-13-9(10)2/h8-10H,4-5,7H2,1-3H3. The molecule has 3 unspecified atom stereocenters. The Morgan fingerprint density at radius 2 is 2.38 bits per heavy atom. The molecule has 0 radical (unpaired) electrons. The zero-order chi connectivity index (χ0) is 9.84. The second-order valence-electron chi connectivity index (χ2n) is 3.90. The Kier molecular flexibility index (Phi) is 3.71. The minimum absolute atomic E-state index is 0.109. The number of nitriles is 1. The fraction of sp³-hybridized carbons (Fsp3) is 0.900. The van der Waals surface area contributed by atoms with E-state index in [0.717, 1.165) is 19.6 Å². The summed E-state index contributed by atoms with van der Waals surface area (Å²) in [6, 6.07) is 2.75. The normalized spacial score (nSPS) is 30.4. The fourth-order valence-corrected chi connectivity index (χ4v) is 1.91. The Labute approximate surface area is 80.3 Å². The van der Waals surface area contributed by atoms with Crippen molar-refractivity contribution in [3.63, 3.8) is 0 Å². The fourth-order valence-electron chi connectivity index (χ4n) is 1.91. The third-order valence-electron chi connectivity index (χ3n) is 2.68. The van der Waals surface area contributed by atoms with Gasteiger partial charge in [0.05, 0.1) is 18.1 Å². The number of hydrogen-bond donors (Lipinski definition) is 0. The van der Waals surface area contributed by atoms with E-state index in [1.165, 1.54) is 0 Å². The van der Waals surface area contributed by atoms with Crippen molar-refractivity contribution in [2.45, 2.75) is 32.4 Å². The molecule has 74 valence electrons. The second-order valence-corrected chi connectivity index (χ2v) is 3.90. The molecule has 3 heteroatoms. The minimum Gasteiger partial charge on any atom is -0.377 e. The lowest BCUT2D eigenvalue weighted by Gasteiger charge is -2.27. The van der Waals surface area contributed by atoms with Gasteiger partial charge in [0, 0.05) is 19.2 Å². The highest BCUT2D eigenvalue weighted by atomic mass is 16.5. The summed E-state index contributed by atoms with van der Waals surface area (Å²) in [4.78, 5) is 2.24. The summed E-state index contributed by atoms with van der Waals surface area (Å²) in [7, 11) is 2.07. The van der Waals surface area contributed by atoms with E-state index in [-0.39, 0.29) is 5.92 Å². The van der Waals surface area contributed by atoms with Gasteiger partial charge in [-0.1, -0.05) is 0 Å². The van der Waals surface area contributed by atoms with E-state index in [0.29, 0.717) is 12.1 Å². The van der Waals surface area contributed by atoms with Crippen LogP contribution in [0.15, 0.2) is 0 Å². The zero-order valence-electron chi connectivity index (χ0n) is 8.66. The maximum atomic E-state index is 8.68. The molecule has 0 aromatic heterocycles. The van der Waals surface area contributed by atoms with Crippen molar-refractivity contribution in [2.75, 3.05) is 20.2 Å². The summed E-state index contributed by atoms with van der Waals surface area (Å²) in [5, 5.41) is 8.68. The lowest BCUT2D eigenvalue weighted by Crippen LogP contribution is -2.39. The molecule has 13 heavy (non-hydrogen) atoms. The monoisotopic (exact) mass is 182 g/mol. The van der Waals surface area contributed by atoms with E-state index >= 15 is 0 Å². The van der Waals surface area contributed by atoms with Gasteiger partial charge in [0.25, 0.3) is 0 Å². The van der Waals surface area contributed by atoms with Crippen LogP contribution < -0.4 is 0 Å². The molecule has 1 aliphatic heterocycles. The van der Waals surface area contributed by atoms with Crippen LogP contribution in [0.1, 0.15) is 20.3 Å². The van der Waals surface area contributed by atoms with Crippen molar-refractivity contribution in [1.29, 1.82) is 5.26 Å². The van der Waals surface area contributed by atoms with Gasteiger partial charge in [-0.05, 0) is 27.3 Å². The van der Waals surface area contributed by atoms with Crippen molar-refractivity contribution >= 4 is 0 Å². The van der Waals surface area contributed by atoms with E-state index in [2.05, 4.69) is 24.9 Å². The average Bonchev–Trinajstić information content (AvgIpc) is 2.51. The van der Waals surface area contributed by atoms with Gasteiger partial charge in [0.15, 0.2) is 0 Å². The van der Waals surface area contributed by atoms with Crippen LogP contribution in [0.25, 0.3) is 0 Å². The molecular weight excluding hydrogens is 164 g/mol. The second kappa shape index (κ2) is 4.59. The number of rotatable bonds is 3. The molecule has 1 fully saturated rings. The molecule has 1 aliphatic rings. The molecule has 3 nitrogen and oxygen atoms in total. The highest BCUT2D eigenvalue weighted by Crippen LogP contribution is 2.18. The van der Waals surface area contributed by atoms with Crippen LogP contribution in [0.3, 0.4) is 0 Å². The van der Waals surface area contributed by atoms with Crippen LogP contribution in [0.4, 0.5) is 0 Å². The van der Waals surface area contributed by atoms with Crippen LogP contribution in [-0.2, 0) is 4.74 Å². The van der Waals surface area contributed by atoms with E-state index in [9.17, 15) is 0 Å². The summed E-state index contributed by atoms with van der Waals surface area (Å²) in [6.07, 6.45) is 1.41. The van der Waals surface area contributed by atoms with Crippen LogP contribution in [0, 0.1) is 17.2 Å². The van der Waals surface area contributed by atoms with Crippen LogP contribution in [-0.4, -0.2) is 37.2 Å². The summed E-state index contributed by atoms with van der Waals surface area (Å²) < 4.78 is 5.48. The predicted octanol–water partition coefficient (Wildman–Crippen LogP) is 1.26. The molecule has 0 aliphatic carbocycles. The number of nitrogens with zero attached hydrogens (tertiary/aromatic N) is 2. The van der Waals surface area contributed by atoms with Crippen molar-refractivity contribution < 1.29 is 4.74 Å². The molecule has 1 rings (SSSR count). The molecule has 0 spiro atoms. The van der Waals surface area contributed by atoms with Crippen molar-refractivity contribution in [3.8, 4) is 6.07 Å². The van der Waals surface area contributed by atoms with Gasteiger partial charge in [-0.15, -0.1) is 0 Å². The van der Waals surface area contributed by atoms with E-state index < -0.39 is 0 Å². The Morgan fingerprint density at radius 1 is 1.69 bits per heavy atom. The first-order valence-corrected chi connectivity index (χ1v) is 4.86. The van der Waals surface area contributed by atoms with Gasteiger partial charge in [0.1, 0.15) is 0 Å². The van der Waals surface area contributed by atoms with Crippen molar-refractivity contribution in [2.24, 2.45) is 5.92 Å². The molecule has 0 saturated carbocycles. The van der Waals surface area contributed by atoms with Crippen LogP contribution >= 0.6 is 0 Å². The summed E-state index contributed by atoms with van der Waals surface area (Å²) in [5.41, 5.74) is 0. The molecule has 0 N–H and O–H groups in total.